The molecule has 1 N–H and O–H groups in total. The molecule has 0 bridgehead atoms. The van der Waals surface area contributed by atoms with Gasteiger partial charge < -0.3 is 9.88 Å². The van der Waals surface area contributed by atoms with E-state index >= 15 is 0 Å². The summed E-state index contributed by atoms with van der Waals surface area (Å²) in [6.07, 6.45) is 5.62. The van der Waals surface area contributed by atoms with Crippen LogP contribution in [0.4, 0.5) is 5.69 Å². The Labute approximate surface area is 164 Å². The summed E-state index contributed by atoms with van der Waals surface area (Å²) in [5, 5.41) is 2.97. The van der Waals surface area contributed by atoms with Crippen molar-refractivity contribution in [1.82, 2.24) is 18.2 Å². The van der Waals surface area contributed by atoms with Crippen LogP contribution in [0.2, 0.25) is 0 Å². The Morgan fingerprint density at radius 2 is 1.93 bits per heavy atom. The number of anilines is 1. The van der Waals surface area contributed by atoms with E-state index in [1.807, 2.05) is 35.9 Å². The number of rotatable bonds is 3. The summed E-state index contributed by atoms with van der Waals surface area (Å²) in [4.78, 5) is 17.8. The third-order valence-corrected chi connectivity index (χ3v) is 8.34. The number of para-hydroxylation sites is 1. The molecule has 0 radical (unpaired) electrons. The molecule has 28 heavy (non-hydrogen) atoms. The highest BCUT2D eigenvalue weighted by Crippen LogP contribution is 2.55. The van der Waals surface area contributed by atoms with E-state index in [0.717, 1.165) is 24.1 Å². The average Bonchev–Trinajstić information content (AvgIpc) is 3.44. The van der Waals surface area contributed by atoms with E-state index < -0.39 is 21.7 Å². The lowest BCUT2D eigenvalue weighted by Crippen LogP contribution is -2.47. The SMILES string of the molecule is Cn1ccnc1[C@@H]1N(S(=O)(=O)N2CCCC2)CC[C@]12C(=O)Nc1ccccc12. The van der Waals surface area contributed by atoms with Crippen molar-refractivity contribution in [2.45, 2.75) is 30.7 Å². The first-order chi connectivity index (χ1) is 13.5. The third kappa shape index (κ3) is 2.26. The quantitative estimate of drug-likeness (QED) is 0.842. The number of carbonyl (C=O) groups is 1. The molecule has 0 unspecified atom stereocenters. The number of hydrogen-bond donors (Lipinski definition) is 1. The first kappa shape index (κ1) is 17.8. The lowest BCUT2D eigenvalue weighted by atomic mass is 9.75. The monoisotopic (exact) mass is 401 g/mol. The lowest BCUT2D eigenvalue weighted by molar-refractivity contribution is -0.121. The third-order valence-electron chi connectivity index (χ3n) is 6.33. The molecule has 1 aromatic carbocycles. The smallest absolute Gasteiger partial charge is 0.282 e. The van der Waals surface area contributed by atoms with Crippen molar-refractivity contribution < 1.29 is 13.2 Å². The molecule has 8 nitrogen and oxygen atoms in total. The maximum Gasteiger partial charge on any atom is 0.282 e. The average molecular weight is 401 g/mol. The van der Waals surface area contributed by atoms with Crippen LogP contribution in [-0.2, 0) is 27.5 Å². The fraction of sp³-hybridized carbons (Fsp3) is 0.474. The number of aryl methyl sites for hydroxylation is 1. The number of fused-ring (bicyclic) bond motifs is 2. The van der Waals surface area contributed by atoms with Crippen molar-refractivity contribution in [3.8, 4) is 0 Å². The molecule has 0 saturated carbocycles. The van der Waals surface area contributed by atoms with E-state index in [9.17, 15) is 13.2 Å². The Bertz CT molecular complexity index is 1040. The number of hydrogen-bond acceptors (Lipinski definition) is 4. The number of nitrogens with zero attached hydrogens (tertiary/aromatic N) is 4. The van der Waals surface area contributed by atoms with Crippen molar-refractivity contribution in [3.63, 3.8) is 0 Å². The largest absolute Gasteiger partial charge is 0.337 e. The van der Waals surface area contributed by atoms with Gasteiger partial charge in [0.1, 0.15) is 17.3 Å². The molecular formula is C19H23N5O3S. The van der Waals surface area contributed by atoms with Crippen LogP contribution in [0.1, 0.15) is 36.7 Å². The van der Waals surface area contributed by atoms with E-state index in [1.54, 1.807) is 16.7 Å². The summed E-state index contributed by atoms with van der Waals surface area (Å²) in [6, 6.07) is 6.89. The Balaban J connectivity index is 1.70. The molecule has 2 atom stereocenters. The van der Waals surface area contributed by atoms with Gasteiger partial charge in [0.05, 0.1) is 0 Å². The Hall–Kier alpha value is -2.23. The van der Waals surface area contributed by atoms with Gasteiger partial charge in [0.25, 0.3) is 10.2 Å². The molecule has 3 aliphatic rings. The maximum atomic E-state index is 13.5. The van der Waals surface area contributed by atoms with Crippen molar-refractivity contribution >= 4 is 21.8 Å². The molecule has 0 aliphatic carbocycles. The Morgan fingerprint density at radius 1 is 1.18 bits per heavy atom. The zero-order chi connectivity index (χ0) is 19.5. The summed E-state index contributed by atoms with van der Waals surface area (Å²) in [5.41, 5.74) is 0.641. The minimum Gasteiger partial charge on any atom is -0.337 e. The molecule has 148 valence electrons. The van der Waals surface area contributed by atoms with Gasteiger partial charge in [0, 0.05) is 44.8 Å². The highest BCUT2D eigenvalue weighted by molar-refractivity contribution is 7.86. The number of benzene rings is 1. The first-order valence-corrected chi connectivity index (χ1v) is 11.0. The van der Waals surface area contributed by atoms with Crippen LogP contribution in [0.5, 0.6) is 0 Å². The molecule has 9 heteroatoms. The number of amides is 1. The normalized spacial score (nSPS) is 28.2. The zero-order valence-electron chi connectivity index (χ0n) is 15.7. The topological polar surface area (TPSA) is 87.5 Å². The predicted molar refractivity (Wildman–Crippen MR) is 104 cm³/mol. The molecule has 2 fully saturated rings. The van der Waals surface area contributed by atoms with Gasteiger partial charge in [-0.05, 0) is 30.9 Å². The molecule has 1 aromatic heterocycles. The highest BCUT2D eigenvalue weighted by Gasteiger charge is 2.62. The fourth-order valence-electron chi connectivity index (χ4n) is 4.96. The summed E-state index contributed by atoms with van der Waals surface area (Å²) < 4.78 is 31.9. The Kier molecular flexibility index (Phi) is 3.91. The van der Waals surface area contributed by atoms with E-state index in [4.69, 9.17) is 0 Å². The molecule has 1 spiro atoms. The summed E-state index contributed by atoms with van der Waals surface area (Å²) in [6.45, 7) is 1.35. The number of aromatic nitrogens is 2. The van der Waals surface area contributed by atoms with Crippen LogP contribution in [0.15, 0.2) is 36.7 Å². The zero-order valence-corrected chi connectivity index (χ0v) is 16.5. The van der Waals surface area contributed by atoms with Gasteiger partial charge in [-0.15, -0.1) is 0 Å². The molecule has 4 heterocycles. The van der Waals surface area contributed by atoms with Gasteiger partial charge in [0.2, 0.25) is 5.91 Å². The van der Waals surface area contributed by atoms with Gasteiger partial charge in [0.15, 0.2) is 0 Å². The highest BCUT2D eigenvalue weighted by atomic mass is 32.2. The molecule has 2 saturated heterocycles. The van der Waals surface area contributed by atoms with E-state index in [-0.39, 0.29) is 12.5 Å². The standard InChI is InChI=1S/C19H23N5O3S/c1-22-13-9-20-17(22)16-19(14-6-2-3-7-15(14)21-18(19)25)8-12-24(16)28(26,27)23-10-4-5-11-23/h2-3,6-7,9,13,16H,4-5,8,10-12H2,1H3,(H,21,25)/t16-,19+/m0/s1. The van der Waals surface area contributed by atoms with Crippen LogP contribution in [-0.4, -0.2) is 52.1 Å². The maximum absolute atomic E-state index is 13.5. The van der Waals surface area contributed by atoms with Crippen molar-refractivity contribution in [3.05, 3.63) is 48.0 Å². The molecular weight excluding hydrogens is 378 g/mol. The van der Waals surface area contributed by atoms with Crippen molar-refractivity contribution in [1.29, 1.82) is 0 Å². The lowest BCUT2D eigenvalue weighted by Gasteiger charge is -2.34. The number of nitrogens with one attached hydrogen (secondary N) is 1. The van der Waals surface area contributed by atoms with E-state index in [2.05, 4.69) is 10.3 Å². The molecule has 3 aliphatic heterocycles. The minimum atomic E-state index is -3.69. The summed E-state index contributed by atoms with van der Waals surface area (Å²) in [5.74, 6) is 0.438. The van der Waals surface area contributed by atoms with Gasteiger partial charge >= 0.3 is 0 Å². The van der Waals surface area contributed by atoms with Gasteiger partial charge in [-0.25, -0.2) is 4.98 Å². The van der Waals surface area contributed by atoms with Crippen LogP contribution in [0, 0.1) is 0 Å². The molecule has 5 rings (SSSR count). The van der Waals surface area contributed by atoms with Crippen molar-refractivity contribution in [2.75, 3.05) is 25.0 Å². The van der Waals surface area contributed by atoms with Crippen molar-refractivity contribution in [2.24, 2.45) is 7.05 Å². The summed E-state index contributed by atoms with van der Waals surface area (Å²) >= 11 is 0. The van der Waals surface area contributed by atoms with Gasteiger partial charge in [-0.2, -0.15) is 17.0 Å². The van der Waals surface area contributed by atoms with Crippen LogP contribution in [0.25, 0.3) is 0 Å². The van der Waals surface area contributed by atoms with Crippen LogP contribution >= 0.6 is 0 Å². The summed E-state index contributed by atoms with van der Waals surface area (Å²) in [7, 11) is -1.85. The van der Waals surface area contributed by atoms with Gasteiger partial charge in [-0.3, -0.25) is 4.79 Å². The second-order valence-electron chi connectivity index (χ2n) is 7.74. The minimum absolute atomic E-state index is 0.152. The second kappa shape index (κ2) is 6.13. The Morgan fingerprint density at radius 3 is 2.64 bits per heavy atom. The number of carbonyl (C=O) groups excluding carboxylic acids is 1. The van der Waals surface area contributed by atoms with Crippen LogP contribution in [0.3, 0.4) is 0 Å². The second-order valence-corrected chi connectivity index (χ2v) is 9.63. The van der Waals surface area contributed by atoms with Crippen LogP contribution < -0.4 is 5.32 Å². The van der Waals surface area contributed by atoms with Gasteiger partial charge in [-0.1, -0.05) is 18.2 Å². The predicted octanol–water partition coefficient (Wildman–Crippen LogP) is 1.40. The van der Waals surface area contributed by atoms with E-state index in [0.29, 0.717) is 25.3 Å². The fourth-order valence-corrected chi connectivity index (χ4v) is 6.84. The van der Waals surface area contributed by atoms with E-state index in [1.165, 1.54) is 4.31 Å². The molecule has 1 amide bonds. The molecule has 2 aromatic rings. The first-order valence-electron chi connectivity index (χ1n) is 9.61. The number of imidazole rings is 1.